The monoisotopic (exact) mass is 946 g/mol. The van der Waals surface area contributed by atoms with Crippen molar-refractivity contribution in [3.63, 3.8) is 0 Å². The average molecular weight is 947 g/mol. The summed E-state index contributed by atoms with van der Waals surface area (Å²) in [5.74, 6) is -0.212. The molecule has 1 amide bonds. The third-order valence-electron chi connectivity index (χ3n) is 15.3. The number of benzene rings is 3. The number of amides is 1. The number of hydrogen-bond acceptors (Lipinski definition) is 15. The van der Waals surface area contributed by atoms with Crippen molar-refractivity contribution in [2.24, 2.45) is 11.1 Å². The van der Waals surface area contributed by atoms with Gasteiger partial charge in [-0.05, 0) is 73.5 Å². The number of H-pyrrole nitrogens is 1. The molecule has 5 aromatic rings. The summed E-state index contributed by atoms with van der Waals surface area (Å²) in [7, 11) is -4.78. The zero-order valence-electron chi connectivity index (χ0n) is 37.9. The molecular formula is C49H54N8O10S. The topological polar surface area (TPSA) is 217 Å². The van der Waals surface area contributed by atoms with Gasteiger partial charge in [-0.25, -0.2) is 8.42 Å². The van der Waals surface area contributed by atoms with Crippen LogP contribution in [0.1, 0.15) is 73.0 Å². The number of primary amides is 1. The van der Waals surface area contributed by atoms with Crippen molar-refractivity contribution >= 4 is 55.2 Å². The molecule has 8 heterocycles. The van der Waals surface area contributed by atoms with Gasteiger partial charge in [0, 0.05) is 54.3 Å². The number of nitrogens with two attached hydrogens (primary N) is 1. The lowest BCUT2D eigenvalue weighted by molar-refractivity contribution is -0.384. The molecule has 5 fully saturated rings. The van der Waals surface area contributed by atoms with Gasteiger partial charge in [0.05, 0.1) is 71.9 Å². The number of pyridine rings is 1. The number of rotatable bonds is 10. The van der Waals surface area contributed by atoms with Gasteiger partial charge >= 0.3 is 0 Å². The van der Waals surface area contributed by atoms with Crippen LogP contribution in [0.3, 0.4) is 0 Å². The molecule has 4 saturated heterocycles. The number of carbonyl (C=O) groups excluding carboxylic acids is 1. The highest BCUT2D eigenvalue weighted by atomic mass is 32.2. The van der Waals surface area contributed by atoms with Gasteiger partial charge in [-0.1, -0.05) is 38.1 Å². The highest BCUT2D eigenvalue weighted by Crippen LogP contribution is 2.57. The van der Waals surface area contributed by atoms with Crippen molar-refractivity contribution in [3.8, 4) is 11.6 Å². The van der Waals surface area contributed by atoms with Crippen LogP contribution in [-0.2, 0) is 24.0 Å². The van der Waals surface area contributed by atoms with Crippen LogP contribution in [0.15, 0.2) is 76.7 Å². The number of aromatic nitrogens is 2. The normalized spacial score (nSPS) is 25.5. The van der Waals surface area contributed by atoms with E-state index in [1.807, 2.05) is 12.1 Å². The second-order valence-corrected chi connectivity index (χ2v) is 21.6. The van der Waals surface area contributed by atoms with E-state index in [1.54, 1.807) is 23.2 Å². The summed E-state index contributed by atoms with van der Waals surface area (Å²) >= 11 is 0. The van der Waals surface area contributed by atoms with E-state index >= 15 is 8.42 Å². The van der Waals surface area contributed by atoms with Gasteiger partial charge in [0.1, 0.15) is 35.0 Å². The SMILES string of the molecule is CC(C)c1ccccc1[C@@H]1CCCN1C1CC2(C1)CN(c1ccc(C(N)=O)c(N3c4cc5cc[nH]c5nc4O[C@@H]4COC[C@H]43)c1S(=O)(=O)c1cc3c(c([N+](=O)[O-])c1)N[C@H]([C@H]1COCCO1)CO3)C2. The molecule has 68 heavy (non-hydrogen) atoms. The molecule has 0 bridgehead atoms. The second kappa shape index (κ2) is 16.3. The highest BCUT2D eigenvalue weighted by molar-refractivity contribution is 7.91. The third kappa shape index (κ3) is 6.98. The molecule has 2 aromatic heterocycles. The number of carbonyl (C=O) groups is 1. The molecule has 12 rings (SSSR count). The Morgan fingerprint density at radius 3 is 2.59 bits per heavy atom. The molecule has 1 spiro atoms. The smallest absolute Gasteiger partial charge is 0.297 e. The molecule has 18 nitrogen and oxygen atoms in total. The first kappa shape index (κ1) is 43.3. The van der Waals surface area contributed by atoms with E-state index in [4.69, 9.17) is 34.4 Å². The van der Waals surface area contributed by atoms with Crippen LogP contribution in [-0.4, -0.2) is 124 Å². The van der Waals surface area contributed by atoms with Gasteiger partial charge in [-0.3, -0.25) is 19.8 Å². The number of fused-ring (bicyclic) bond motifs is 4. The maximum absolute atomic E-state index is 16.0. The number of hydrogen-bond donors (Lipinski definition) is 3. The van der Waals surface area contributed by atoms with E-state index in [1.165, 1.54) is 17.2 Å². The molecule has 0 radical (unpaired) electrons. The first-order chi connectivity index (χ1) is 32.9. The summed E-state index contributed by atoms with van der Waals surface area (Å²) in [4.78, 5) is 39.9. The van der Waals surface area contributed by atoms with Gasteiger partial charge in [0.2, 0.25) is 15.7 Å². The lowest BCUT2D eigenvalue weighted by Crippen LogP contribution is -2.66. The van der Waals surface area contributed by atoms with Crippen LogP contribution < -0.4 is 30.3 Å². The van der Waals surface area contributed by atoms with Crippen molar-refractivity contribution in [2.45, 2.75) is 91.6 Å². The van der Waals surface area contributed by atoms with Crippen LogP contribution in [0.2, 0.25) is 0 Å². The predicted molar refractivity (Wildman–Crippen MR) is 251 cm³/mol. The lowest BCUT2D eigenvalue weighted by Gasteiger charge is -2.62. The fraction of sp³-hybridized carbons (Fsp3) is 0.469. The van der Waals surface area contributed by atoms with Crippen LogP contribution in [0, 0.1) is 15.5 Å². The molecule has 5 atom stereocenters. The summed E-state index contributed by atoms with van der Waals surface area (Å²) in [5.41, 5.74) is 9.86. The van der Waals surface area contributed by atoms with Crippen molar-refractivity contribution in [3.05, 3.63) is 93.7 Å². The van der Waals surface area contributed by atoms with E-state index in [0.29, 0.717) is 61.3 Å². The number of aromatic amines is 1. The average Bonchev–Trinajstić information content (AvgIpc) is 4.10. The van der Waals surface area contributed by atoms with Crippen LogP contribution in [0.4, 0.5) is 28.4 Å². The maximum Gasteiger partial charge on any atom is 0.297 e. The number of nitrogens with zero attached hydrogens (tertiary/aromatic N) is 5. The summed E-state index contributed by atoms with van der Waals surface area (Å²) in [6, 6.07) is 17.8. The van der Waals surface area contributed by atoms with Gasteiger partial charge in [-0.15, -0.1) is 0 Å². The first-order valence-corrected chi connectivity index (χ1v) is 25.1. The number of nitro benzene ring substituents is 1. The Kier molecular flexibility index (Phi) is 10.4. The van der Waals surface area contributed by atoms with Crippen molar-refractivity contribution in [1.82, 2.24) is 14.9 Å². The minimum Gasteiger partial charge on any atom is -0.489 e. The Bertz CT molecular complexity index is 2960. The minimum atomic E-state index is -4.78. The number of anilines is 4. The Morgan fingerprint density at radius 2 is 1.81 bits per heavy atom. The number of nitro groups is 1. The van der Waals surface area contributed by atoms with Crippen molar-refractivity contribution in [2.75, 3.05) is 74.4 Å². The largest absolute Gasteiger partial charge is 0.489 e. The molecule has 7 aliphatic rings. The van der Waals surface area contributed by atoms with E-state index in [9.17, 15) is 14.9 Å². The third-order valence-corrected chi connectivity index (χ3v) is 17.1. The molecule has 0 unspecified atom stereocenters. The molecule has 356 valence electrons. The van der Waals surface area contributed by atoms with Crippen LogP contribution in [0.5, 0.6) is 11.6 Å². The summed E-state index contributed by atoms with van der Waals surface area (Å²) in [5, 5.41) is 16.9. The van der Waals surface area contributed by atoms with Gasteiger partial charge in [-0.2, -0.15) is 4.98 Å². The van der Waals surface area contributed by atoms with Crippen LogP contribution >= 0.6 is 0 Å². The molecule has 1 aliphatic carbocycles. The van der Waals surface area contributed by atoms with E-state index in [2.05, 4.69) is 58.2 Å². The van der Waals surface area contributed by atoms with Crippen LogP contribution in [0.25, 0.3) is 11.0 Å². The summed E-state index contributed by atoms with van der Waals surface area (Å²) in [6.07, 6.45) is 4.92. The van der Waals surface area contributed by atoms with Gasteiger partial charge in [0.25, 0.3) is 11.6 Å². The standard InChI is InChI=1S/C49H54N8O10S/c1-27(2)31-6-3-4-7-32(31)35-8-5-13-55(35)29-19-49(20-29)25-54(26-49)36-10-9-33(46(50)58)44(56-38-16-28-11-12-51-47(28)53-48(38)67-42-24-64-22-39(42)56)45(36)68(61,62)30-17-37(57(59)60)43-40(18-30)66-21-34(52-43)41-23-63-14-15-65-41/h3-4,6-7,9-12,16-18,27,29,34-35,39,41-42,52H,5,8,13-15,19-26H2,1-2H3,(H2,50,58)(H,51,53)/t34-,35-,39+,41+,42+/m0/s1. The zero-order valence-corrected chi connectivity index (χ0v) is 38.7. The predicted octanol–water partition coefficient (Wildman–Crippen LogP) is 6.22. The maximum atomic E-state index is 16.0. The number of nitrogens with one attached hydrogen (secondary N) is 2. The Morgan fingerprint density at radius 1 is 0.985 bits per heavy atom. The molecule has 19 heteroatoms. The minimum absolute atomic E-state index is 0.000388. The molecule has 1 saturated carbocycles. The summed E-state index contributed by atoms with van der Waals surface area (Å²) in [6.45, 7) is 8.14. The second-order valence-electron chi connectivity index (χ2n) is 19.8. The van der Waals surface area contributed by atoms with Gasteiger partial charge < -0.3 is 49.5 Å². The molecule has 4 N–H and O–H groups in total. The van der Waals surface area contributed by atoms with Gasteiger partial charge in [0.15, 0.2) is 11.4 Å². The Hall–Kier alpha value is -5.99. The summed E-state index contributed by atoms with van der Waals surface area (Å²) < 4.78 is 62.0. The fourth-order valence-electron chi connectivity index (χ4n) is 12.1. The number of ether oxygens (including phenoxy) is 5. The van der Waals surface area contributed by atoms with E-state index < -0.39 is 50.6 Å². The Labute approximate surface area is 393 Å². The fourth-order valence-corrected chi connectivity index (χ4v) is 13.8. The lowest BCUT2D eigenvalue weighted by atomic mass is 9.60. The van der Waals surface area contributed by atoms with E-state index in [-0.39, 0.29) is 70.2 Å². The van der Waals surface area contributed by atoms with Crippen molar-refractivity contribution < 1.29 is 41.8 Å². The zero-order chi connectivity index (χ0) is 46.6. The van der Waals surface area contributed by atoms with Crippen molar-refractivity contribution in [1.29, 1.82) is 0 Å². The molecule has 3 aromatic carbocycles. The highest BCUT2D eigenvalue weighted by Gasteiger charge is 2.56. The molecular weight excluding hydrogens is 893 g/mol. The van der Waals surface area contributed by atoms with E-state index in [0.717, 1.165) is 43.7 Å². The molecule has 6 aliphatic heterocycles. The Balaban J connectivity index is 0.959. The first-order valence-electron chi connectivity index (χ1n) is 23.6. The quantitative estimate of drug-likeness (QED) is 0.105. The number of likely N-dealkylation sites (tertiary alicyclic amines) is 1. The number of sulfone groups is 1.